The molecule has 0 bridgehead atoms. The molecule has 10 rings (SSSR count). The summed E-state index contributed by atoms with van der Waals surface area (Å²) in [6, 6.07) is 47.1. The summed E-state index contributed by atoms with van der Waals surface area (Å²) in [5.74, 6) is 0.225. The molecule has 0 fully saturated rings. The number of carbonyl (C=O) groups excluding carboxylic acids is 4. The highest BCUT2D eigenvalue weighted by molar-refractivity contribution is 6.07. The molecule has 0 N–H and O–H groups in total. The monoisotopic (exact) mass is 854 g/mol. The first kappa shape index (κ1) is 41.2. The average molecular weight is 855 g/mol. The highest BCUT2D eigenvalue weighted by Crippen LogP contribution is 2.58. The first-order chi connectivity index (χ1) is 31.3. The van der Waals surface area contributed by atoms with Gasteiger partial charge in [0.2, 0.25) is 0 Å². The van der Waals surface area contributed by atoms with Crippen LogP contribution in [-0.4, -0.2) is 52.3 Å². The summed E-state index contributed by atoms with van der Waals surface area (Å²) in [5, 5.41) is 0. The zero-order valence-corrected chi connectivity index (χ0v) is 35.3. The lowest BCUT2D eigenvalue weighted by atomic mass is 9.94. The van der Waals surface area contributed by atoms with Crippen LogP contribution in [0.3, 0.4) is 0 Å². The maximum absolute atomic E-state index is 13.2. The van der Waals surface area contributed by atoms with Crippen molar-refractivity contribution < 1.29 is 47.6 Å². The van der Waals surface area contributed by atoms with Crippen molar-refractivity contribution in [2.24, 2.45) is 0 Å². The zero-order valence-electron chi connectivity index (χ0n) is 35.3. The molecule has 12 heteroatoms. The fourth-order valence-electron chi connectivity index (χ4n) is 9.21. The Hall–Kier alpha value is -8.12. The molecule has 0 aliphatic carbocycles. The van der Waals surface area contributed by atoms with Gasteiger partial charge in [-0.3, -0.25) is 0 Å². The molecule has 0 unspecified atom stereocenters. The van der Waals surface area contributed by atoms with Crippen molar-refractivity contribution in [3.63, 3.8) is 0 Å². The lowest BCUT2D eigenvalue weighted by Gasteiger charge is -2.33. The lowest BCUT2D eigenvalue weighted by Crippen LogP contribution is -2.30. The summed E-state index contributed by atoms with van der Waals surface area (Å²) in [5.41, 5.74) is 5.81. The molecule has 4 atom stereocenters. The summed E-state index contributed by atoms with van der Waals surface area (Å²) in [6.45, 7) is 0. The van der Waals surface area contributed by atoms with Crippen LogP contribution in [0.5, 0.6) is 23.0 Å². The van der Waals surface area contributed by atoms with Crippen molar-refractivity contribution >= 4 is 35.3 Å². The van der Waals surface area contributed by atoms with E-state index in [9.17, 15) is 19.2 Å². The normalized spacial score (nSPS) is 18.6. The molecule has 6 aromatic carbocycles. The largest absolute Gasteiger partial charge is 0.466 e. The van der Waals surface area contributed by atoms with Gasteiger partial charge in [0, 0.05) is 11.1 Å². The van der Waals surface area contributed by atoms with Gasteiger partial charge in [-0.2, -0.15) is 0 Å². The van der Waals surface area contributed by atoms with Crippen molar-refractivity contribution in [1.82, 2.24) is 0 Å². The number of nitrogens with zero attached hydrogens (tertiary/aromatic N) is 2. The van der Waals surface area contributed by atoms with E-state index in [1.54, 1.807) is 0 Å². The van der Waals surface area contributed by atoms with Gasteiger partial charge in [0.05, 0.1) is 86.3 Å². The summed E-state index contributed by atoms with van der Waals surface area (Å²) < 4.78 is 33.2. The van der Waals surface area contributed by atoms with Crippen molar-refractivity contribution in [3.8, 4) is 23.0 Å². The second-order valence-electron chi connectivity index (χ2n) is 15.1. The molecule has 0 aromatic heterocycles. The van der Waals surface area contributed by atoms with Gasteiger partial charge in [-0.1, -0.05) is 121 Å². The molecule has 4 aliphatic heterocycles. The zero-order chi connectivity index (χ0) is 44.5. The number of hydrogen-bond acceptors (Lipinski definition) is 12. The van der Waals surface area contributed by atoms with Crippen LogP contribution in [0.25, 0.3) is 0 Å². The number of carbonyl (C=O) groups is 4. The summed E-state index contributed by atoms with van der Waals surface area (Å²) >= 11 is 0. The van der Waals surface area contributed by atoms with Crippen molar-refractivity contribution in [3.05, 3.63) is 202 Å². The Balaban J connectivity index is 0.000000162. The topological polar surface area (TPSA) is 130 Å². The molecular weight excluding hydrogens is 813 g/mol. The SMILES string of the molecule is COC(=O)C1=C(C(=O)OC)[C@@H](c2ccccc2)N2c3ccccc3Oc3ccccc3[C@@H]12.COC(=O)C1=C(C(=O)OC)[C@H]2c3ccccc3Oc3ccccc3N2[C@H]1c1ccccc1. The second kappa shape index (κ2) is 17.3. The number of ether oxygens (including phenoxy) is 6. The van der Waals surface area contributed by atoms with Crippen LogP contribution in [0.2, 0.25) is 0 Å². The lowest BCUT2D eigenvalue weighted by molar-refractivity contribution is -0.139. The molecule has 320 valence electrons. The molecule has 12 nitrogen and oxygen atoms in total. The minimum Gasteiger partial charge on any atom is -0.466 e. The van der Waals surface area contributed by atoms with Crippen LogP contribution in [0, 0.1) is 0 Å². The highest BCUT2D eigenvalue weighted by Gasteiger charge is 2.52. The molecular formula is C52H42N2O10. The van der Waals surface area contributed by atoms with Crippen molar-refractivity contribution in [2.45, 2.75) is 24.2 Å². The number of esters is 4. The summed E-state index contributed by atoms with van der Waals surface area (Å²) in [6.07, 6.45) is 0. The third-order valence-corrected chi connectivity index (χ3v) is 11.8. The van der Waals surface area contributed by atoms with Crippen LogP contribution in [0.15, 0.2) is 180 Å². The van der Waals surface area contributed by atoms with E-state index in [0.29, 0.717) is 23.0 Å². The maximum Gasteiger partial charge on any atom is 0.336 e. The van der Waals surface area contributed by atoms with Crippen LogP contribution in [0.4, 0.5) is 11.4 Å². The molecule has 0 amide bonds. The second-order valence-corrected chi connectivity index (χ2v) is 15.1. The minimum atomic E-state index is -0.596. The van der Waals surface area contributed by atoms with Gasteiger partial charge in [-0.05, 0) is 47.5 Å². The third-order valence-electron chi connectivity index (χ3n) is 11.8. The maximum atomic E-state index is 13.2. The number of para-hydroxylation sites is 6. The molecule has 4 aliphatic rings. The Morgan fingerprint density at radius 3 is 0.984 bits per heavy atom. The quantitative estimate of drug-likeness (QED) is 0.117. The molecule has 0 saturated carbocycles. The van der Waals surface area contributed by atoms with E-state index >= 15 is 0 Å². The van der Waals surface area contributed by atoms with Crippen LogP contribution in [0.1, 0.15) is 46.4 Å². The van der Waals surface area contributed by atoms with Gasteiger partial charge in [-0.25, -0.2) is 19.2 Å². The smallest absolute Gasteiger partial charge is 0.336 e. The number of benzene rings is 6. The number of anilines is 2. The standard InChI is InChI=1S/2C26H21NO5/c2*1-30-25(28)21-22(26(29)31-2)24-17-12-6-8-14-19(17)32-20-15-9-7-13-18(20)27(24)23(21)16-10-4-3-5-11-16/h2*3-15,23-24H,1-2H3/t2*23-,24+/m10/s1. The molecule has 6 aromatic rings. The van der Waals surface area contributed by atoms with Crippen molar-refractivity contribution in [1.29, 1.82) is 0 Å². The van der Waals surface area contributed by atoms with Gasteiger partial charge in [0.15, 0.2) is 11.5 Å². The van der Waals surface area contributed by atoms with E-state index in [2.05, 4.69) is 9.80 Å². The van der Waals surface area contributed by atoms with Gasteiger partial charge in [-0.15, -0.1) is 0 Å². The highest BCUT2D eigenvalue weighted by atomic mass is 16.5. The van der Waals surface area contributed by atoms with Gasteiger partial charge in [0.1, 0.15) is 11.5 Å². The Labute approximate surface area is 369 Å². The molecule has 0 spiro atoms. The Morgan fingerprint density at radius 2 is 0.641 bits per heavy atom. The number of methoxy groups -OCH3 is 4. The van der Waals surface area contributed by atoms with E-state index in [-0.39, 0.29) is 22.3 Å². The number of hydrogen-bond donors (Lipinski definition) is 0. The van der Waals surface area contributed by atoms with Crippen LogP contribution in [-0.2, 0) is 38.1 Å². The van der Waals surface area contributed by atoms with E-state index in [1.807, 2.05) is 158 Å². The van der Waals surface area contributed by atoms with E-state index in [0.717, 1.165) is 33.6 Å². The number of rotatable bonds is 6. The molecule has 4 heterocycles. The summed E-state index contributed by atoms with van der Waals surface area (Å²) in [4.78, 5) is 56.7. The molecule has 64 heavy (non-hydrogen) atoms. The minimum absolute atomic E-state index is 0.251. The Bertz CT molecular complexity index is 2660. The summed E-state index contributed by atoms with van der Waals surface area (Å²) in [7, 11) is 5.27. The Morgan fingerprint density at radius 1 is 0.359 bits per heavy atom. The first-order valence-corrected chi connectivity index (χ1v) is 20.5. The van der Waals surface area contributed by atoms with E-state index < -0.39 is 48.0 Å². The molecule has 0 saturated heterocycles. The predicted molar refractivity (Wildman–Crippen MR) is 237 cm³/mol. The van der Waals surface area contributed by atoms with Gasteiger partial charge >= 0.3 is 23.9 Å². The average Bonchev–Trinajstić information content (AvgIpc) is 3.79. The fourth-order valence-corrected chi connectivity index (χ4v) is 9.21. The number of fused-ring (bicyclic) bond motifs is 10. The van der Waals surface area contributed by atoms with E-state index in [4.69, 9.17) is 28.4 Å². The Kier molecular flexibility index (Phi) is 11.2. The van der Waals surface area contributed by atoms with Crippen molar-refractivity contribution in [2.75, 3.05) is 38.2 Å². The van der Waals surface area contributed by atoms with Gasteiger partial charge in [0.25, 0.3) is 0 Å². The predicted octanol–water partition coefficient (Wildman–Crippen LogP) is 9.47. The molecule has 0 radical (unpaired) electrons. The first-order valence-electron chi connectivity index (χ1n) is 20.5. The van der Waals surface area contributed by atoms with Crippen LogP contribution >= 0.6 is 0 Å². The van der Waals surface area contributed by atoms with Gasteiger partial charge < -0.3 is 38.2 Å². The van der Waals surface area contributed by atoms with Crippen LogP contribution < -0.4 is 19.3 Å². The van der Waals surface area contributed by atoms with E-state index in [1.165, 1.54) is 28.4 Å². The fraction of sp³-hybridized carbons (Fsp3) is 0.154. The third kappa shape index (κ3) is 6.89.